The van der Waals surface area contributed by atoms with Crippen molar-refractivity contribution >= 4 is 10.8 Å². The quantitative estimate of drug-likeness (QED) is 0.613. The van der Waals surface area contributed by atoms with Gasteiger partial charge >= 0.3 is 0 Å². The molecule has 0 radical (unpaired) electrons. The molecule has 0 bridgehead atoms. The molecule has 0 aromatic rings. The van der Waals surface area contributed by atoms with Crippen molar-refractivity contribution in [3.63, 3.8) is 0 Å². The number of allylic oxidation sites excluding steroid dienone is 1. The van der Waals surface area contributed by atoms with Crippen LogP contribution in [0.5, 0.6) is 0 Å². The zero-order chi connectivity index (χ0) is 11.1. The van der Waals surface area contributed by atoms with E-state index < -0.39 is 10.8 Å². The van der Waals surface area contributed by atoms with Gasteiger partial charge in [0.1, 0.15) is 0 Å². The summed E-state index contributed by atoms with van der Waals surface area (Å²) in [5, 5.41) is 3.54. The van der Waals surface area contributed by atoms with E-state index in [1.165, 1.54) is 19.3 Å². The summed E-state index contributed by atoms with van der Waals surface area (Å²) in [5.74, 6) is 2.45. The Hall–Kier alpha value is -0.150. The Labute approximate surface area is 96.0 Å². The molecule has 0 spiro atoms. The molecule has 1 fully saturated rings. The first-order chi connectivity index (χ1) is 7.27. The van der Waals surface area contributed by atoms with Crippen LogP contribution in [0.3, 0.4) is 0 Å². The molecule has 2 nitrogen and oxygen atoms in total. The standard InChI is InChI=1S/C12H23NOS/c1-3-5-6-12(11-7-8-11)13-9-10-15(14)4-2/h3,11-13H,1,4-10H2,2H3. The Morgan fingerprint density at radius 3 is 2.87 bits per heavy atom. The van der Waals surface area contributed by atoms with Crippen LogP contribution in [0, 0.1) is 5.92 Å². The van der Waals surface area contributed by atoms with E-state index in [2.05, 4.69) is 11.9 Å². The van der Waals surface area contributed by atoms with Gasteiger partial charge in [-0.25, -0.2) is 0 Å². The number of hydrogen-bond donors (Lipinski definition) is 1. The van der Waals surface area contributed by atoms with Crippen molar-refractivity contribution < 1.29 is 4.21 Å². The van der Waals surface area contributed by atoms with Crippen molar-refractivity contribution in [1.82, 2.24) is 5.32 Å². The van der Waals surface area contributed by atoms with Crippen LogP contribution in [0.2, 0.25) is 0 Å². The molecular formula is C12H23NOS. The maximum absolute atomic E-state index is 11.2. The van der Waals surface area contributed by atoms with Crippen LogP contribution >= 0.6 is 0 Å². The van der Waals surface area contributed by atoms with E-state index in [-0.39, 0.29) is 0 Å². The number of rotatable bonds is 9. The zero-order valence-corrected chi connectivity index (χ0v) is 10.5. The van der Waals surface area contributed by atoms with Gasteiger partial charge in [-0.2, -0.15) is 0 Å². The molecule has 1 saturated carbocycles. The summed E-state index contributed by atoms with van der Waals surface area (Å²) in [6.07, 6.45) is 7.00. The van der Waals surface area contributed by atoms with E-state index in [9.17, 15) is 4.21 Å². The highest BCUT2D eigenvalue weighted by Gasteiger charge is 2.29. The lowest BCUT2D eigenvalue weighted by atomic mass is 10.1. The Balaban J connectivity index is 2.13. The highest BCUT2D eigenvalue weighted by Crippen LogP contribution is 2.34. The van der Waals surface area contributed by atoms with Crippen molar-refractivity contribution in [1.29, 1.82) is 0 Å². The van der Waals surface area contributed by atoms with E-state index in [0.29, 0.717) is 6.04 Å². The van der Waals surface area contributed by atoms with Gasteiger partial charge in [-0.1, -0.05) is 13.0 Å². The first kappa shape index (κ1) is 12.9. The second-order valence-electron chi connectivity index (χ2n) is 4.20. The van der Waals surface area contributed by atoms with E-state index in [1.54, 1.807) is 0 Å². The largest absolute Gasteiger partial charge is 0.313 e. The molecule has 3 heteroatoms. The molecule has 0 aliphatic heterocycles. The van der Waals surface area contributed by atoms with Crippen molar-refractivity contribution in [3.05, 3.63) is 12.7 Å². The minimum atomic E-state index is -0.625. The maximum atomic E-state index is 11.2. The Kier molecular flexibility index (Phi) is 6.18. The van der Waals surface area contributed by atoms with Gasteiger partial charge in [0, 0.05) is 34.9 Å². The summed E-state index contributed by atoms with van der Waals surface area (Å²) < 4.78 is 11.2. The first-order valence-corrected chi connectivity index (χ1v) is 7.46. The van der Waals surface area contributed by atoms with Crippen LogP contribution in [0.25, 0.3) is 0 Å². The molecule has 15 heavy (non-hydrogen) atoms. The fourth-order valence-electron chi connectivity index (χ4n) is 1.80. The van der Waals surface area contributed by atoms with E-state index >= 15 is 0 Å². The average Bonchev–Trinajstić information content (AvgIpc) is 3.06. The summed E-state index contributed by atoms with van der Waals surface area (Å²) in [7, 11) is -0.625. The Bertz CT molecular complexity index is 214. The van der Waals surface area contributed by atoms with Gasteiger partial charge in [0.25, 0.3) is 0 Å². The third kappa shape index (κ3) is 5.47. The molecule has 0 aromatic carbocycles. The lowest BCUT2D eigenvalue weighted by Gasteiger charge is -2.17. The van der Waals surface area contributed by atoms with E-state index in [1.807, 2.05) is 13.0 Å². The zero-order valence-electron chi connectivity index (χ0n) is 9.71. The molecule has 0 heterocycles. The highest BCUT2D eigenvalue weighted by molar-refractivity contribution is 7.84. The lowest BCUT2D eigenvalue weighted by molar-refractivity contribution is 0.450. The minimum absolute atomic E-state index is 0.625. The fraction of sp³-hybridized carbons (Fsp3) is 0.833. The fourth-order valence-corrected chi connectivity index (χ4v) is 2.44. The van der Waals surface area contributed by atoms with Gasteiger partial charge in [-0.3, -0.25) is 4.21 Å². The molecule has 1 aliphatic carbocycles. The normalized spacial score (nSPS) is 19.8. The molecule has 0 saturated heterocycles. The topological polar surface area (TPSA) is 29.1 Å². The van der Waals surface area contributed by atoms with Crippen molar-refractivity contribution in [2.24, 2.45) is 5.92 Å². The van der Waals surface area contributed by atoms with Crippen molar-refractivity contribution in [3.8, 4) is 0 Å². The molecule has 1 N–H and O–H groups in total. The van der Waals surface area contributed by atoms with Crippen LogP contribution < -0.4 is 5.32 Å². The van der Waals surface area contributed by atoms with Crippen LogP contribution in [0.15, 0.2) is 12.7 Å². The molecule has 2 unspecified atom stereocenters. The van der Waals surface area contributed by atoms with Crippen LogP contribution in [0.1, 0.15) is 32.6 Å². The summed E-state index contributed by atoms with van der Waals surface area (Å²) in [6.45, 7) is 6.64. The van der Waals surface area contributed by atoms with Crippen LogP contribution in [0.4, 0.5) is 0 Å². The molecule has 0 amide bonds. The van der Waals surface area contributed by atoms with Crippen LogP contribution in [-0.4, -0.2) is 28.3 Å². The molecule has 0 aromatic heterocycles. The monoisotopic (exact) mass is 229 g/mol. The molecule has 1 rings (SSSR count). The Morgan fingerprint density at radius 1 is 1.60 bits per heavy atom. The third-order valence-corrected chi connectivity index (χ3v) is 4.23. The average molecular weight is 229 g/mol. The van der Waals surface area contributed by atoms with Gasteiger partial charge in [-0.05, 0) is 31.6 Å². The van der Waals surface area contributed by atoms with Crippen molar-refractivity contribution in [2.75, 3.05) is 18.1 Å². The predicted molar refractivity (Wildman–Crippen MR) is 67.5 cm³/mol. The second-order valence-corrected chi connectivity index (χ2v) is 6.06. The second kappa shape index (κ2) is 7.18. The molecular weight excluding hydrogens is 206 g/mol. The summed E-state index contributed by atoms with van der Waals surface area (Å²) in [6, 6.07) is 0.636. The van der Waals surface area contributed by atoms with Gasteiger partial charge in [-0.15, -0.1) is 6.58 Å². The summed E-state index contributed by atoms with van der Waals surface area (Å²) in [4.78, 5) is 0. The highest BCUT2D eigenvalue weighted by atomic mass is 32.2. The third-order valence-electron chi connectivity index (χ3n) is 2.93. The first-order valence-electron chi connectivity index (χ1n) is 5.97. The predicted octanol–water partition coefficient (Wildman–Crippen LogP) is 2.09. The molecule has 88 valence electrons. The van der Waals surface area contributed by atoms with Gasteiger partial charge < -0.3 is 5.32 Å². The van der Waals surface area contributed by atoms with Gasteiger partial charge in [0.05, 0.1) is 0 Å². The maximum Gasteiger partial charge on any atom is 0.0360 e. The van der Waals surface area contributed by atoms with E-state index in [0.717, 1.165) is 30.4 Å². The summed E-state index contributed by atoms with van der Waals surface area (Å²) in [5.41, 5.74) is 0. The number of hydrogen-bond acceptors (Lipinski definition) is 2. The van der Waals surface area contributed by atoms with Gasteiger partial charge in [0.2, 0.25) is 0 Å². The lowest BCUT2D eigenvalue weighted by Crippen LogP contribution is -2.34. The number of nitrogens with one attached hydrogen (secondary N) is 1. The van der Waals surface area contributed by atoms with Crippen molar-refractivity contribution in [2.45, 2.75) is 38.6 Å². The summed E-state index contributed by atoms with van der Waals surface area (Å²) >= 11 is 0. The van der Waals surface area contributed by atoms with E-state index in [4.69, 9.17) is 0 Å². The molecule has 2 atom stereocenters. The SMILES string of the molecule is C=CCCC(NCCS(=O)CC)C1CC1. The van der Waals surface area contributed by atoms with Crippen LogP contribution in [-0.2, 0) is 10.8 Å². The Morgan fingerprint density at radius 2 is 2.33 bits per heavy atom. The smallest absolute Gasteiger partial charge is 0.0360 e. The molecule has 1 aliphatic rings. The van der Waals surface area contributed by atoms with Gasteiger partial charge in [0.15, 0.2) is 0 Å². The minimum Gasteiger partial charge on any atom is -0.313 e.